The maximum Gasteiger partial charge on any atom is 0.410 e. The summed E-state index contributed by atoms with van der Waals surface area (Å²) in [5.41, 5.74) is 6.39. The molecule has 3 N–H and O–H groups in total. The Labute approximate surface area is 155 Å². The number of carbonyl (C=O) groups excluding carboxylic acids is 2. The maximum atomic E-state index is 12.2. The van der Waals surface area contributed by atoms with Crippen LogP contribution < -0.4 is 11.1 Å². The van der Waals surface area contributed by atoms with Crippen molar-refractivity contribution in [2.24, 2.45) is 5.73 Å². The normalized spacial score (nSPS) is 12.2. The molecular weight excluding hydrogens is 334 g/mol. The standard InChI is InChI=1S/C19H31N3O4/c1-5-11-22(18(24)26-19(2,3)4)13-16(20)12-21-17(23)25-14-15-9-7-6-8-10-15/h6-10,16H,5,11-14,20H2,1-4H3,(H,21,23). The zero-order chi connectivity index (χ0) is 19.6. The number of ether oxygens (including phenoxy) is 2. The number of alkyl carbamates (subject to hydrolysis) is 1. The average molecular weight is 365 g/mol. The van der Waals surface area contributed by atoms with E-state index in [0.717, 1.165) is 12.0 Å². The Kier molecular flexibility index (Phi) is 8.92. The summed E-state index contributed by atoms with van der Waals surface area (Å²) < 4.78 is 10.5. The van der Waals surface area contributed by atoms with E-state index in [1.165, 1.54) is 0 Å². The molecule has 146 valence electrons. The van der Waals surface area contributed by atoms with Crippen LogP contribution in [0.2, 0.25) is 0 Å². The largest absolute Gasteiger partial charge is 0.445 e. The van der Waals surface area contributed by atoms with Gasteiger partial charge in [0, 0.05) is 25.7 Å². The van der Waals surface area contributed by atoms with Crippen LogP contribution in [-0.4, -0.2) is 48.4 Å². The van der Waals surface area contributed by atoms with E-state index in [1.54, 1.807) is 4.90 Å². The molecule has 0 saturated heterocycles. The van der Waals surface area contributed by atoms with Crippen molar-refractivity contribution in [1.82, 2.24) is 10.2 Å². The lowest BCUT2D eigenvalue weighted by molar-refractivity contribution is 0.0239. The van der Waals surface area contributed by atoms with Gasteiger partial charge in [0.15, 0.2) is 0 Å². The van der Waals surface area contributed by atoms with Gasteiger partial charge in [-0.15, -0.1) is 0 Å². The van der Waals surface area contributed by atoms with Gasteiger partial charge in [-0.25, -0.2) is 9.59 Å². The molecule has 0 radical (unpaired) electrons. The Balaban J connectivity index is 2.38. The van der Waals surface area contributed by atoms with Crippen LogP contribution in [0.25, 0.3) is 0 Å². The molecule has 1 aromatic carbocycles. The summed E-state index contributed by atoms with van der Waals surface area (Å²) in [6.07, 6.45) is -0.150. The number of hydrogen-bond acceptors (Lipinski definition) is 5. The molecule has 0 bridgehead atoms. The van der Waals surface area contributed by atoms with Crippen LogP contribution in [0.3, 0.4) is 0 Å². The molecule has 0 spiro atoms. The van der Waals surface area contributed by atoms with Gasteiger partial charge in [-0.2, -0.15) is 0 Å². The highest BCUT2D eigenvalue weighted by atomic mass is 16.6. The molecule has 7 heteroatoms. The fourth-order valence-corrected chi connectivity index (χ4v) is 2.19. The van der Waals surface area contributed by atoms with E-state index in [4.69, 9.17) is 15.2 Å². The highest BCUT2D eigenvalue weighted by Crippen LogP contribution is 2.10. The second-order valence-electron chi connectivity index (χ2n) is 7.13. The quantitative estimate of drug-likeness (QED) is 0.739. The number of nitrogens with two attached hydrogens (primary N) is 1. The first-order chi connectivity index (χ1) is 12.2. The van der Waals surface area contributed by atoms with Crippen molar-refractivity contribution >= 4 is 12.2 Å². The number of nitrogens with zero attached hydrogens (tertiary/aromatic N) is 1. The summed E-state index contributed by atoms with van der Waals surface area (Å²) in [6, 6.07) is 9.00. The molecule has 1 aromatic rings. The minimum Gasteiger partial charge on any atom is -0.445 e. The highest BCUT2D eigenvalue weighted by Gasteiger charge is 2.23. The van der Waals surface area contributed by atoms with Crippen molar-refractivity contribution in [2.75, 3.05) is 19.6 Å². The van der Waals surface area contributed by atoms with Crippen molar-refractivity contribution in [3.63, 3.8) is 0 Å². The summed E-state index contributed by atoms with van der Waals surface area (Å²) in [5.74, 6) is 0. The topological polar surface area (TPSA) is 93.9 Å². The number of amides is 2. The van der Waals surface area contributed by atoms with Gasteiger partial charge in [0.05, 0.1) is 0 Å². The second-order valence-corrected chi connectivity index (χ2v) is 7.13. The maximum absolute atomic E-state index is 12.2. The van der Waals surface area contributed by atoms with Gasteiger partial charge in [0.2, 0.25) is 0 Å². The van der Waals surface area contributed by atoms with Crippen molar-refractivity contribution in [2.45, 2.75) is 52.4 Å². The number of benzene rings is 1. The molecule has 0 aliphatic rings. The Morgan fingerprint density at radius 2 is 1.88 bits per heavy atom. The molecule has 1 rings (SSSR count). The van der Waals surface area contributed by atoms with Crippen LogP contribution in [0.4, 0.5) is 9.59 Å². The first-order valence-electron chi connectivity index (χ1n) is 8.89. The van der Waals surface area contributed by atoms with Crippen LogP contribution in [0.1, 0.15) is 39.7 Å². The lowest BCUT2D eigenvalue weighted by atomic mass is 10.2. The van der Waals surface area contributed by atoms with E-state index in [2.05, 4.69) is 5.32 Å². The molecule has 0 aromatic heterocycles. The minimum absolute atomic E-state index is 0.196. The van der Waals surface area contributed by atoms with Crippen LogP contribution in [0.5, 0.6) is 0 Å². The summed E-state index contributed by atoms with van der Waals surface area (Å²) in [5, 5.41) is 2.62. The SMILES string of the molecule is CCCN(CC(N)CNC(=O)OCc1ccccc1)C(=O)OC(C)(C)C. The second kappa shape index (κ2) is 10.7. The van der Waals surface area contributed by atoms with Crippen molar-refractivity contribution in [3.8, 4) is 0 Å². The summed E-state index contributed by atoms with van der Waals surface area (Å²) in [4.78, 5) is 25.5. The molecule has 0 aliphatic carbocycles. The van der Waals surface area contributed by atoms with Crippen LogP contribution in [-0.2, 0) is 16.1 Å². The van der Waals surface area contributed by atoms with Gasteiger partial charge in [0.25, 0.3) is 0 Å². The Hall–Kier alpha value is -2.28. The van der Waals surface area contributed by atoms with E-state index < -0.39 is 23.8 Å². The third-order valence-corrected chi connectivity index (χ3v) is 3.32. The first kappa shape index (κ1) is 21.8. The van der Waals surface area contributed by atoms with Crippen LogP contribution in [0.15, 0.2) is 30.3 Å². The molecule has 1 atom stereocenters. The van der Waals surface area contributed by atoms with E-state index in [0.29, 0.717) is 13.1 Å². The van der Waals surface area contributed by atoms with Gasteiger partial charge in [-0.3, -0.25) is 0 Å². The van der Waals surface area contributed by atoms with Gasteiger partial charge >= 0.3 is 12.2 Å². The third-order valence-electron chi connectivity index (χ3n) is 3.32. The van der Waals surface area contributed by atoms with E-state index >= 15 is 0 Å². The monoisotopic (exact) mass is 365 g/mol. The van der Waals surface area contributed by atoms with Gasteiger partial charge in [-0.05, 0) is 32.8 Å². The molecule has 2 amide bonds. The molecule has 0 heterocycles. The number of nitrogens with one attached hydrogen (secondary N) is 1. The first-order valence-corrected chi connectivity index (χ1v) is 8.89. The average Bonchev–Trinajstić information content (AvgIpc) is 2.57. The predicted octanol–water partition coefficient (Wildman–Crippen LogP) is 2.89. The van der Waals surface area contributed by atoms with Crippen molar-refractivity contribution in [1.29, 1.82) is 0 Å². The smallest absolute Gasteiger partial charge is 0.410 e. The molecule has 1 unspecified atom stereocenters. The van der Waals surface area contributed by atoms with Crippen LogP contribution >= 0.6 is 0 Å². The molecule has 26 heavy (non-hydrogen) atoms. The van der Waals surface area contributed by atoms with Gasteiger partial charge < -0.3 is 25.4 Å². The summed E-state index contributed by atoms with van der Waals surface area (Å²) >= 11 is 0. The van der Waals surface area contributed by atoms with E-state index in [1.807, 2.05) is 58.0 Å². The molecule has 0 aliphatic heterocycles. The van der Waals surface area contributed by atoms with Gasteiger partial charge in [-0.1, -0.05) is 37.3 Å². The van der Waals surface area contributed by atoms with E-state index in [-0.39, 0.29) is 13.2 Å². The van der Waals surface area contributed by atoms with Crippen LogP contribution in [0, 0.1) is 0 Å². The fourth-order valence-electron chi connectivity index (χ4n) is 2.19. The lowest BCUT2D eigenvalue weighted by Gasteiger charge is -2.29. The minimum atomic E-state index is -0.563. The summed E-state index contributed by atoms with van der Waals surface area (Å²) in [6.45, 7) is 8.67. The molecular formula is C19H31N3O4. The molecule has 0 fully saturated rings. The molecule has 0 saturated carbocycles. The Morgan fingerprint density at radius 1 is 1.23 bits per heavy atom. The molecule has 7 nitrogen and oxygen atoms in total. The number of rotatable bonds is 8. The van der Waals surface area contributed by atoms with Crippen molar-refractivity contribution < 1.29 is 19.1 Å². The predicted molar refractivity (Wildman–Crippen MR) is 101 cm³/mol. The fraction of sp³-hybridized carbons (Fsp3) is 0.579. The van der Waals surface area contributed by atoms with Gasteiger partial charge in [0.1, 0.15) is 12.2 Å². The lowest BCUT2D eigenvalue weighted by Crippen LogP contribution is -2.48. The zero-order valence-electron chi connectivity index (χ0n) is 16.2. The highest BCUT2D eigenvalue weighted by molar-refractivity contribution is 5.68. The zero-order valence-corrected chi connectivity index (χ0v) is 16.2. The summed E-state index contributed by atoms with van der Waals surface area (Å²) in [7, 11) is 0. The number of hydrogen-bond donors (Lipinski definition) is 2. The third kappa shape index (κ3) is 9.27. The number of carbonyl (C=O) groups is 2. The van der Waals surface area contributed by atoms with E-state index in [9.17, 15) is 9.59 Å². The Morgan fingerprint density at radius 3 is 2.46 bits per heavy atom. The van der Waals surface area contributed by atoms with Crippen molar-refractivity contribution in [3.05, 3.63) is 35.9 Å². The Bertz CT molecular complexity index is 558.